The van der Waals surface area contributed by atoms with E-state index in [1.54, 1.807) is 36.4 Å². The van der Waals surface area contributed by atoms with E-state index >= 15 is 0 Å². The van der Waals surface area contributed by atoms with Crippen LogP contribution in [0, 0.1) is 0 Å². The number of ether oxygens (including phenoxy) is 2. The van der Waals surface area contributed by atoms with E-state index in [9.17, 15) is 13.2 Å². The largest absolute Gasteiger partial charge is 0.493 e. The molecular weight excluding hydrogens is 344 g/mol. The zero-order valence-electron chi connectivity index (χ0n) is 14.1. The maximum atomic E-state index is 12.3. The molecule has 2 rings (SSSR count). The van der Waals surface area contributed by atoms with Crippen molar-refractivity contribution in [1.29, 1.82) is 0 Å². The second kappa shape index (κ2) is 8.00. The maximum Gasteiger partial charge on any atom is 0.242 e. The first kappa shape index (κ1) is 18.8. The minimum atomic E-state index is -3.78. The molecule has 0 aliphatic carbocycles. The number of anilines is 1. The lowest BCUT2D eigenvalue weighted by Crippen LogP contribution is -2.41. The fourth-order valence-electron chi connectivity index (χ4n) is 2.12. The fraction of sp³-hybridized carbons (Fsp3) is 0.235. The van der Waals surface area contributed by atoms with Crippen LogP contribution in [0.25, 0.3) is 0 Å². The molecule has 0 fully saturated rings. The van der Waals surface area contributed by atoms with E-state index in [2.05, 4.69) is 10.0 Å². The molecule has 0 aliphatic heterocycles. The number of hydrogen-bond donors (Lipinski definition) is 2. The van der Waals surface area contributed by atoms with Gasteiger partial charge in [0.2, 0.25) is 15.9 Å². The number of carbonyl (C=O) groups excluding carboxylic acids is 1. The maximum absolute atomic E-state index is 12.3. The zero-order valence-corrected chi connectivity index (χ0v) is 15.0. The number of sulfonamides is 1. The van der Waals surface area contributed by atoms with Crippen molar-refractivity contribution in [3.8, 4) is 11.5 Å². The molecule has 2 aromatic rings. The number of methoxy groups -OCH3 is 2. The standard InChI is InChI=1S/C17H20N2O5S/c1-12(19-25(21,22)14-7-5-4-6-8-14)17(20)18-13-9-10-15(23-2)16(11-13)24-3/h4-12,19H,1-3H3,(H,18,20)/t12-/m0/s1. The molecule has 0 radical (unpaired) electrons. The van der Waals surface area contributed by atoms with E-state index in [0.29, 0.717) is 17.2 Å². The van der Waals surface area contributed by atoms with Crippen molar-refractivity contribution in [3.05, 3.63) is 48.5 Å². The third-order valence-corrected chi connectivity index (χ3v) is 4.99. The number of rotatable bonds is 7. The van der Waals surface area contributed by atoms with Crippen LogP contribution < -0.4 is 19.5 Å². The van der Waals surface area contributed by atoms with Gasteiger partial charge in [-0.1, -0.05) is 18.2 Å². The van der Waals surface area contributed by atoms with Crippen LogP contribution in [-0.4, -0.2) is 34.6 Å². The Kier molecular flexibility index (Phi) is 6.00. The van der Waals surface area contributed by atoms with Gasteiger partial charge in [-0.05, 0) is 31.2 Å². The van der Waals surface area contributed by atoms with Gasteiger partial charge < -0.3 is 14.8 Å². The fourth-order valence-corrected chi connectivity index (χ4v) is 3.34. The van der Waals surface area contributed by atoms with E-state index < -0.39 is 22.0 Å². The molecule has 0 aliphatic rings. The highest BCUT2D eigenvalue weighted by Gasteiger charge is 2.22. The summed E-state index contributed by atoms with van der Waals surface area (Å²) in [5.41, 5.74) is 0.466. The number of amides is 1. The first-order valence-corrected chi connectivity index (χ1v) is 8.96. The minimum absolute atomic E-state index is 0.0979. The summed E-state index contributed by atoms with van der Waals surface area (Å²) in [5.74, 6) is 0.489. The lowest BCUT2D eigenvalue weighted by molar-refractivity contribution is -0.117. The van der Waals surface area contributed by atoms with Gasteiger partial charge in [-0.2, -0.15) is 4.72 Å². The van der Waals surface area contributed by atoms with Crippen LogP contribution in [0.3, 0.4) is 0 Å². The van der Waals surface area contributed by atoms with Crippen LogP contribution in [0.1, 0.15) is 6.92 Å². The summed E-state index contributed by atoms with van der Waals surface area (Å²) in [6, 6.07) is 11.8. The third kappa shape index (κ3) is 4.71. The predicted octanol–water partition coefficient (Wildman–Crippen LogP) is 2.01. The van der Waals surface area contributed by atoms with E-state index in [4.69, 9.17) is 9.47 Å². The molecule has 1 amide bonds. The Hall–Kier alpha value is -2.58. The molecule has 1 atom stereocenters. The van der Waals surface area contributed by atoms with Crippen LogP contribution in [0.4, 0.5) is 5.69 Å². The molecule has 0 heterocycles. The molecule has 2 N–H and O–H groups in total. The number of benzene rings is 2. The number of nitrogens with one attached hydrogen (secondary N) is 2. The minimum Gasteiger partial charge on any atom is -0.493 e. The summed E-state index contributed by atoms with van der Waals surface area (Å²) < 4.78 is 37.2. The molecule has 25 heavy (non-hydrogen) atoms. The summed E-state index contributed by atoms with van der Waals surface area (Å²) in [5, 5.41) is 2.64. The summed E-state index contributed by atoms with van der Waals surface area (Å²) in [6.45, 7) is 1.47. The van der Waals surface area contributed by atoms with Gasteiger partial charge in [0.1, 0.15) is 0 Å². The van der Waals surface area contributed by atoms with E-state index in [1.165, 1.54) is 33.3 Å². The van der Waals surface area contributed by atoms with E-state index in [-0.39, 0.29) is 4.90 Å². The molecule has 0 saturated carbocycles. The second-order valence-electron chi connectivity index (χ2n) is 5.22. The van der Waals surface area contributed by atoms with Crippen LogP contribution >= 0.6 is 0 Å². The smallest absolute Gasteiger partial charge is 0.242 e. The van der Waals surface area contributed by atoms with Gasteiger partial charge in [-0.15, -0.1) is 0 Å². The zero-order chi connectivity index (χ0) is 18.4. The molecule has 7 nitrogen and oxygen atoms in total. The third-order valence-electron chi connectivity index (χ3n) is 3.43. The molecule has 8 heteroatoms. The molecule has 0 saturated heterocycles. The first-order valence-electron chi connectivity index (χ1n) is 7.47. The van der Waals surface area contributed by atoms with Crippen molar-refractivity contribution >= 4 is 21.6 Å². The molecule has 0 unspecified atom stereocenters. The van der Waals surface area contributed by atoms with Crippen molar-refractivity contribution < 1.29 is 22.7 Å². The van der Waals surface area contributed by atoms with Crippen LogP contribution in [0.15, 0.2) is 53.4 Å². The van der Waals surface area contributed by atoms with Gasteiger partial charge in [-0.3, -0.25) is 4.79 Å². The van der Waals surface area contributed by atoms with Crippen molar-refractivity contribution in [2.24, 2.45) is 0 Å². The molecule has 2 aromatic carbocycles. The number of hydrogen-bond acceptors (Lipinski definition) is 5. The van der Waals surface area contributed by atoms with Gasteiger partial charge in [-0.25, -0.2) is 8.42 Å². The van der Waals surface area contributed by atoms with E-state index in [0.717, 1.165) is 0 Å². The summed E-state index contributed by atoms with van der Waals surface area (Å²) >= 11 is 0. The van der Waals surface area contributed by atoms with Crippen molar-refractivity contribution in [1.82, 2.24) is 4.72 Å². The number of carbonyl (C=O) groups is 1. The summed E-state index contributed by atoms with van der Waals surface area (Å²) in [7, 11) is -0.779. The Morgan fingerprint density at radius 2 is 1.64 bits per heavy atom. The Balaban J connectivity index is 2.08. The molecule has 0 aromatic heterocycles. The van der Waals surface area contributed by atoms with Gasteiger partial charge in [0, 0.05) is 11.8 Å². The quantitative estimate of drug-likeness (QED) is 0.784. The summed E-state index contributed by atoms with van der Waals surface area (Å²) in [4.78, 5) is 12.4. The highest BCUT2D eigenvalue weighted by Crippen LogP contribution is 2.29. The van der Waals surface area contributed by atoms with Crippen molar-refractivity contribution in [2.45, 2.75) is 17.9 Å². The topological polar surface area (TPSA) is 93.7 Å². The normalized spacial score (nSPS) is 12.3. The Morgan fingerprint density at radius 1 is 1.00 bits per heavy atom. The highest BCUT2D eigenvalue weighted by atomic mass is 32.2. The SMILES string of the molecule is COc1ccc(NC(=O)[C@H](C)NS(=O)(=O)c2ccccc2)cc1OC. The van der Waals surface area contributed by atoms with Gasteiger partial charge in [0.15, 0.2) is 11.5 Å². The average Bonchev–Trinajstić information content (AvgIpc) is 2.61. The monoisotopic (exact) mass is 364 g/mol. The molecule has 134 valence electrons. The average molecular weight is 364 g/mol. The lowest BCUT2D eigenvalue weighted by atomic mass is 10.2. The Bertz CT molecular complexity index is 837. The molecule has 0 spiro atoms. The van der Waals surface area contributed by atoms with Crippen molar-refractivity contribution in [2.75, 3.05) is 19.5 Å². The van der Waals surface area contributed by atoms with Gasteiger partial charge in [0.25, 0.3) is 0 Å². The Labute approximate surface area is 147 Å². The van der Waals surface area contributed by atoms with E-state index in [1.807, 2.05) is 0 Å². The van der Waals surface area contributed by atoms with Crippen LogP contribution in [-0.2, 0) is 14.8 Å². The highest BCUT2D eigenvalue weighted by molar-refractivity contribution is 7.89. The lowest BCUT2D eigenvalue weighted by Gasteiger charge is -2.15. The predicted molar refractivity (Wildman–Crippen MR) is 94.4 cm³/mol. The van der Waals surface area contributed by atoms with Crippen LogP contribution in [0.2, 0.25) is 0 Å². The van der Waals surface area contributed by atoms with Gasteiger partial charge >= 0.3 is 0 Å². The Morgan fingerprint density at radius 3 is 2.24 bits per heavy atom. The van der Waals surface area contributed by atoms with Crippen LogP contribution in [0.5, 0.6) is 11.5 Å². The molecular formula is C17H20N2O5S. The van der Waals surface area contributed by atoms with Crippen molar-refractivity contribution in [3.63, 3.8) is 0 Å². The summed E-state index contributed by atoms with van der Waals surface area (Å²) in [6.07, 6.45) is 0. The first-order chi connectivity index (χ1) is 11.9. The second-order valence-corrected chi connectivity index (χ2v) is 6.93. The van der Waals surface area contributed by atoms with Gasteiger partial charge in [0.05, 0.1) is 25.2 Å². The molecule has 0 bridgehead atoms.